The summed E-state index contributed by atoms with van der Waals surface area (Å²) in [4.78, 5) is 15.2. The summed E-state index contributed by atoms with van der Waals surface area (Å²) < 4.78 is 0. The molecule has 0 aliphatic rings. The van der Waals surface area contributed by atoms with Crippen LogP contribution in [0.25, 0.3) is 10.9 Å². The van der Waals surface area contributed by atoms with E-state index in [1.807, 2.05) is 6.07 Å². The Morgan fingerprint density at radius 2 is 2.06 bits per heavy atom. The van der Waals surface area contributed by atoms with Gasteiger partial charge < -0.3 is 10.3 Å². The molecule has 0 radical (unpaired) electrons. The van der Waals surface area contributed by atoms with Gasteiger partial charge in [0.1, 0.15) is 0 Å². The van der Waals surface area contributed by atoms with Crippen molar-refractivity contribution in [1.82, 2.24) is 10.3 Å². The summed E-state index contributed by atoms with van der Waals surface area (Å²) >= 11 is 0. The first-order valence-electron chi connectivity index (χ1n) is 6.23. The van der Waals surface area contributed by atoms with Gasteiger partial charge in [-0.3, -0.25) is 4.79 Å². The summed E-state index contributed by atoms with van der Waals surface area (Å²) in [5.41, 5.74) is 3.12. The molecule has 0 saturated heterocycles. The van der Waals surface area contributed by atoms with Gasteiger partial charge in [-0.1, -0.05) is 26.8 Å². The number of carbonyl (C=O) groups excluding carboxylic acids is 1. The molecule has 2 N–H and O–H groups in total. The molecule has 0 aliphatic heterocycles. The molecule has 1 heterocycles. The van der Waals surface area contributed by atoms with E-state index in [0.717, 1.165) is 16.5 Å². The van der Waals surface area contributed by atoms with Crippen LogP contribution < -0.4 is 5.32 Å². The molecule has 3 heteroatoms. The van der Waals surface area contributed by atoms with Crippen LogP contribution in [0.15, 0.2) is 24.4 Å². The molecule has 0 fully saturated rings. The van der Waals surface area contributed by atoms with Crippen LogP contribution in [-0.2, 0) is 5.41 Å². The monoisotopic (exact) mass is 244 g/mol. The predicted octanol–water partition coefficient (Wildman–Crippen LogP) is 2.87. The number of carbonyl (C=O) groups is 1. The van der Waals surface area contributed by atoms with Gasteiger partial charge in [0.05, 0.1) is 6.54 Å². The molecule has 0 unspecified atom stereocenters. The summed E-state index contributed by atoms with van der Waals surface area (Å²) in [6.07, 6.45) is 1.80. The molecule has 3 nitrogen and oxygen atoms in total. The average molecular weight is 244 g/mol. The Balaban J connectivity index is 2.53. The summed E-state index contributed by atoms with van der Waals surface area (Å²) in [7, 11) is 1.79. The predicted molar refractivity (Wildman–Crippen MR) is 75.3 cm³/mol. The summed E-state index contributed by atoms with van der Waals surface area (Å²) in [5.74, 6) is 0.120. The molecule has 2 aromatic rings. The summed E-state index contributed by atoms with van der Waals surface area (Å²) in [6.45, 7) is 6.90. The van der Waals surface area contributed by atoms with Crippen LogP contribution in [0.1, 0.15) is 36.7 Å². The van der Waals surface area contributed by atoms with Gasteiger partial charge in [0.2, 0.25) is 0 Å². The van der Waals surface area contributed by atoms with E-state index < -0.39 is 0 Å². The molecule has 1 aromatic carbocycles. The lowest BCUT2D eigenvalue weighted by atomic mass is 9.86. The highest BCUT2D eigenvalue weighted by Gasteiger charge is 2.17. The van der Waals surface area contributed by atoms with Crippen molar-refractivity contribution in [2.24, 2.45) is 0 Å². The smallest absolute Gasteiger partial charge is 0.178 e. The quantitative estimate of drug-likeness (QED) is 0.815. The largest absolute Gasteiger partial charge is 0.360 e. The van der Waals surface area contributed by atoms with Crippen LogP contribution in [0.4, 0.5) is 0 Å². The number of likely N-dealkylation sites (N-methyl/N-ethyl adjacent to an activating group) is 1. The van der Waals surface area contributed by atoms with E-state index in [4.69, 9.17) is 0 Å². The number of aromatic nitrogens is 1. The van der Waals surface area contributed by atoms with Crippen LogP contribution in [0.3, 0.4) is 0 Å². The minimum Gasteiger partial charge on any atom is -0.360 e. The number of hydrogen-bond donors (Lipinski definition) is 2. The molecular formula is C15H20N2O. The topological polar surface area (TPSA) is 44.9 Å². The van der Waals surface area contributed by atoms with Gasteiger partial charge in [0.25, 0.3) is 0 Å². The molecule has 0 aliphatic carbocycles. The van der Waals surface area contributed by atoms with E-state index in [0.29, 0.717) is 6.54 Å². The number of benzene rings is 1. The Morgan fingerprint density at radius 3 is 2.67 bits per heavy atom. The van der Waals surface area contributed by atoms with Crippen LogP contribution in [0.2, 0.25) is 0 Å². The van der Waals surface area contributed by atoms with Crippen molar-refractivity contribution < 1.29 is 4.79 Å². The SMILES string of the molecule is CNCC(=O)c1c[nH]c2ccc(C(C)(C)C)cc12. The van der Waals surface area contributed by atoms with E-state index in [1.54, 1.807) is 13.2 Å². The highest BCUT2D eigenvalue weighted by molar-refractivity contribution is 6.08. The van der Waals surface area contributed by atoms with E-state index in [1.165, 1.54) is 5.56 Å². The molecule has 0 saturated carbocycles. The van der Waals surface area contributed by atoms with Crippen molar-refractivity contribution in [2.45, 2.75) is 26.2 Å². The van der Waals surface area contributed by atoms with Gasteiger partial charge in [-0.25, -0.2) is 0 Å². The van der Waals surface area contributed by atoms with Gasteiger partial charge in [0.15, 0.2) is 5.78 Å². The molecule has 0 bridgehead atoms. The highest BCUT2D eigenvalue weighted by Crippen LogP contribution is 2.27. The third-order valence-corrected chi connectivity index (χ3v) is 3.19. The fourth-order valence-electron chi connectivity index (χ4n) is 2.07. The van der Waals surface area contributed by atoms with Crippen LogP contribution in [0.5, 0.6) is 0 Å². The lowest BCUT2D eigenvalue weighted by molar-refractivity contribution is 0.0995. The van der Waals surface area contributed by atoms with Gasteiger partial charge in [-0.15, -0.1) is 0 Å². The minimum atomic E-state index is 0.0920. The lowest BCUT2D eigenvalue weighted by Gasteiger charge is -2.19. The number of ketones is 1. The first kappa shape index (κ1) is 12.8. The Labute approximate surface area is 108 Å². The molecular weight excluding hydrogens is 224 g/mol. The van der Waals surface area contributed by atoms with Gasteiger partial charge >= 0.3 is 0 Å². The summed E-state index contributed by atoms with van der Waals surface area (Å²) in [6, 6.07) is 6.28. The highest BCUT2D eigenvalue weighted by atomic mass is 16.1. The fraction of sp³-hybridized carbons (Fsp3) is 0.400. The standard InChI is InChI=1S/C15H20N2O/c1-15(2,3)10-5-6-13-11(7-10)12(8-17-13)14(18)9-16-4/h5-8,16-17H,9H2,1-4H3. The van der Waals surface area contributed by atoms with Crippen molar-refractivity contribution in [1.29, 1.82) is 0 Å². The van der Waals surface area contributed by atoms with Gasteiger partial charge in [-0.05, 0) is 30.2 Å². The van der Waals surface area contributed by atoms with E-state index >= 15 is 0 Å². The zero-order valence-corrected chi connectivity index (χ0v) is 11.4. The Morgan fingerprint density at radius 1 is 1.33 bits per heavy atom. The Kier molecular flexibility index (Phi) is 3.26. The van der Waals surface area contributed by atoms with Crippen molar-refractivity contribution in [3.8, 4) is 0 Å². The molecule has 0 spiro atoms. The number of fused-ring (bicyclic) bond motifs is 1. The Hall–Kier alpha value is -1.61. The van der Waals surface area contributed by atoms with Crippen LogP contribution >= 0.6 is 0 Å². The Bertz CT molecular complexity index is 576. The van der Waals surface area contributed by atoms with Gasteiger partial charge in [0, 0.05) is 22.7 Å². The van der Waals surface area contributed by atoms with Crippen molar-refractivity contribution in [3.05, 3.63) is 35.5 Å². The van der Waals surface area contributed by atoms with E-state index in [-0.39, 0.29) is 11.2 Å². The lowest BCUT2D eigenvalue weighted by Crippen LogP contribution is -2.18. The number of rotatable bonds is 3. The molecule has 0 amide bonds. The molecule has 0 atom stereocenters. The minimum absolute atomic E-state index is 0.0920. The second-order valence-corrected chi connectivity index (χ2v) is 5.67. The van der Waals surface area contributed by atoms with Crippen molar-refractivity contribution >= 4 is 16.7 Å². The van der Waals surface area contributed by atoms with Gasteiger partial charge in [-0.2, -0.15) is 0 Å². The van der Waals surface area contributed by atoms with Crippen molar-refractivity contribution in [3.63, 3.8) is 0 Å². The zero-order valence-electron chi connectivity index (χ0n) is 11.4. The maximum atomic E-state index is 12.0. The van der Waals surface area contributed by atoms with Crippen molar-refractivity contribution in [2.75, 3.05) is 13.6 Å². The summed E-state index contributed by atoms with van der Waals surface area (Å²) in [5, 5.41) is 3.92. The maximum Gasteiger partial charge on any atom is 0.178 e. The molecule has 18 heavy (non-hydrogen) atoms. The zero-order chi connectivity index (χ0) is 13.3. The molecule has 2 rings (SSSR count). The maximum absolute atomic E-state index is 12.0. The first-order chi connectivity index (χ1) is 8.43. The fourth-order valence-corrected chi connectivity index (χ4v) is 2.07. The molecule has 96 valence electrons. The van der Waals surface area contributed by atoms with E-state index in [9.17, 15) is 4.79 Å². The van der Waals surface area contributed by atoms with Crippen LogP contribution in [-0.4, -0.2) is 24.4 Å². The third kappa shape index (κ3) is 2.31. The third-order valence-electron chi connectivity index (χ3n) is 3.19. The second-order valence-electron chi connectivity index (χ2n) is 5.67. The number of nitrogens with one attached hydrogen (secondary N) is 2. The normalized spacial score (nSPS) is 12.0. The van der Waals surface area contributed by atoms with Crippen LogP contribution in [0, 0.1) is 0 Å². The number of hydrogen-bond acceptors (Lipinski definition) is 2. The number of H-pyrrole nitrogens is 1. The average Bonchev–Trinajstić information content (AvgIpc) is 2.70. The second kappa shape index (κ2) is 4.58. The first-order valence-corrected chi connectivity index (χ1v) is 6.23. The number of Topliss-reactive ketones (excluding diaryl/α,β-unsaturated/α-hetero) is 1. The molecule has 1 aromatic heterocycles. The van der Waals surface area contributed by atoms with E-state index in [2.05, 4.69) is 43.2 Å². The number of aromatic amines is 1.